The molecule has 2 fully saturated rings. The Kier molecular flexibility index (Phi) is 7.98. The van der Waals surface area contributed by atoms with Crippen molar-refractivity contribution in [1.29, 1.82) is 0 Å². The van der Waals surface area contributed by atoms with Gasteiger partial charge in [-0.3, -0.25) is 9.69 Å². The molecule has 1 aromatic heterocycles. The number of furan rings is 1. The van der Waals surface area contributed by atoms with E-state index in [0.717, 1.165) is 24.3 Å². The van der Waals surface area contributed by atoms with Gasteiger partial charge in [-0.1, -0.05) is 12.1 Å². The van der Waals surface area contributed by atoms with Gasteiger partial charge in [0.15, 0.2) is 5.17 Å². The van der Waals surface area contributed by atoms with E-state index < -0.39 is 0 Å². The van der Waals surface area contributed by atoms with Crippen LogP contribution in [0.25, 0.3) is 17.4 Å². The number of thioether (sulfide) groups is 1. The number of piperidine rings is 1. The van der Waals surface area contributed by atoms with Crippen LogP contribution in [0, 0.1) is 0 Å². The number of carbonyl (C=O) groups is 2. The first-order valence-electron chi connectivity index (χ1n) is 13.1. The molecule has 2 aromatic carbocycles. The van der Waals surface area contributed by atoms with Crippen LogP contribution in [-0.4, -0.2) is 48.2 Å². The molecular weight excluding hydrogens is 498 g/mol. The van der Waals surface area contributed by atoms with Crippen LogP contribution in [0.2, 0.25) is 0 Å². The summed E-state index contributed by atoms with van der Waals surface area (Å²) in [5.41, 5.74) is 3.37. The zero-order valence-electron chi connectivity index (χ0n) is 21.7. The zero-order chi connectivity index (χ0) is 26.5. The number of rotatable bonds is 7. The molecule has 8 heteroatoms. The van der Waals surface area contributed by atoms with Gasteiger partial charge in [0.2, 0.25) is 0 Å². The summed E-state index contributed by atoms with van der Waals surface area (Å²) in [7, 11) is 0. The van der Waals surface area contributed by atoms with Gasteiger partial charge in [-0.05, 0) is 93.4 Å². The molecule has 5 rings (SSSR count). The number of amidine groups is 1. The van der Waals surface area contributed by atoms with Crippen LogP contribution in [0.3, 0.4) is 0 Å². The molecule has 2 saturated heterocycles. The van der Waals surface area contributed by atoms with Gasteiger partial charge in [0.25, 0.3) is 5.91 Å². The SMILES string of the molecule is CCOC(=O)c1ccc(-c2ccc(/C=C3\SC(=Nc4ccc(N5CCCCC5)cc4)N(CC)C3=O)o2)cc1. The minimum atomic E-state index is -0.350. The molecule has 0 spiro atoms. The van der Waals surface area contributed by atoms with Gasteiger partial charge in [-0.15, -0.1) is 0 Å². The lowest BCUT2D eigenvalue weighted by Crippen LogP contribution is -2.29. The first-order valence-corrected chi connectivity index (χ1v) is 13.9. The fraction of sp³-hybridized carbons (Fsp3) is 0.300. The predicted molar refractivity (Wildman–Crippen MR) is 153 cm³/mol. The largest absolute Gasteiger partial charge is 0.462 e. The maximum atomic E-state index is 13.1. The van der Waals surface area contributed by atoms with E-state index in [1.807, 2.05) is 43.3 Å². The van der Waals surface area contributed by atoms with Crippen molar-refractivity contribution in [3.05, 3.63) is 76.9 Å². The van der Waals surface area contributed by atoms with Crippen molar-refractivity contribution in [3.8, 4) is 11.3 Å². The standard InChI is InChI=1S/C30H31N3O4S/c1-3-33-28(34)27(38-30(33)31-23-12-14-24(15-13-23)32-18-6-5-7-19-32)20-25-16-17-26(37-25)21-8-10-22(11-9-21)29(35)36-4-2/h8-17,20H,3-7,18-19H2,1-2H3/b27-20-,31-30?. The molecule has 0 N–H and O–H groups in total. The van der Waals surface area contributed by atoms with Gasteiger partial charge in [-0.2, -0.15) is 0 Å². The maximum Gasteiger partial charge on any atom is 0.338 e. The highest BCUT2D eigenvalue weighted by Crippen LogP contribution is 2.35. The number of ether oxygens (including phenoxy) is 1. The second kappa shape index (κ2) is 11.7. The van der Waals surface area contributed by atoms with E-state index >= 15 is 0 Å². The molecule has 196 valence electrons. The van der Waals surface area contributed by atoms with Crippen LogP contribution in [0.4, 0.5) is 11.4 Å². The van der Waals surface area contributed by atoms with Gasteiger partial charge in [0.05, 0.1) is 22.8 Å². The molecule has 7 nitrogen and oxygen atoms in total. The highest BCUT2D eigenvalue weighted by atomic mass is 32.2. The van der Waals surface area contributed by atoms with Crippen LogP contribution in [0.5, 0.6) is 0 Å². The van der Waals surface area contributed by atoms with Crippen LogP contribution in [0.15, 0.2) is 75.0 Å². The highest BCUT2D eigenvalue weighted by Gasteiger charge is 2.32. The van der Waals surface area contributed by atoms with E-state index in [0.29, 0.717) is 40.3 Å². The van der Waals surface area contributed by atoms with Crippen molar-refractivity contribution in [2.45, 2.75) is 33.1 Å². The topological polar surface area (TPSA) is 75.3 Å². The third kappa shape index (κ3) is 5.70. The normalized spacial score (nSPS) is 18.0. The molecule has 1 amide bonds. The maximum absolute atomic E-state index is 13.1. The molecule has 3 heterocycles. The molecular formula is C30H31N3O4S. The van der Waals surface area contributed by atoms with E-state index in [2.05, 4.69) is 17.0 Å². The lowest BCUT2D eigenvalue weighted by molar-refractivity contribution is -0.122. The van der Waals surface area contributed by atoms with Crippen LogP contribution >= 0.6 is 11.8 Å². The second-order valence-corrected chi connectivity index (χ2v) is 10.1. The third-order valence-electron chi connectivity index (χ3n) is 6.58. The Hall–Kier alpha value is -3.78. The first-order chi connectivity index (χ1) is 18.6. The fourth-order valence-electron chi connectivity index (χ4n) is 4.57. The number of likely N-dealkylation sites (N-methyl/N-ethyl adjacent to an activating group) is 1. The number of amides is 1. The van der Waals surface area contributed by atoms with Gasteiger partial charge in [0.1, 0.15) is 11.5 Å². The Morgan fingerprint density at radius 2 is 1.74 bits per heavy atom. The fourth-order valence-corrected chi connectivity index (χ4v) is 5.61. The average molecular weight is 530 g/mol. The monoisotopic (exact) mass is 529 g/mol. The summed E-state index contributed by atoms with van der Waals surface area (Å²) in [6.45, 7) is 6.79. The minimum absolute atomic E-state index is 0.0853. The smallest absolute Gasteiger partial charge is 0.338 e. The van der Waals surface area contributed by atoms with Crippen LogP contribution in [0.1, 0.15) is 49.2 Å². The van der Waals surface area contributed by atoms with E-state index in [4.69, 9.17) is 14.1 Å². The molecule has 2 aliphatic rings. The van der Waals surface area contributed by atoms with Crippen molar-refractivity contribution < 1.29 is 18.7 Å². The quantitative estimate of drug-likeness (QED) is 0.249. The number of hydrogen-bond donors (Lipinski definition) is 0. The highest BCUT2D eigenvalue weighted by molar-refractivity contribution is 8.18. The summed E-state index contributed by atoms with van der Waals surface area (Å²) < 4.78 is 11.0. The van der Waals surface area contributed by atoms with Gasteiger partial charge in [-0.25, -0.2) is 9.79 Å². The average Bonchev–Trinajstić information content (AvgIpc) is 3.54. The van der Waals surface area contributed by atoms with Crippen molar-refractivity contribution >= 4 is 46.3 Å². The molecule has 0 atom stereocenters. The number of carbonyl (C=O) groups excluding carboxylic acids is 2. The first kappa shape index (κ1) is 25.9. The van der Waals surface area contributed by atoms with Gasteiger partial charge in [0, 0.05) is 37.0 Å². The molecule has 0 unspecified atom stereocenters. The molecule has 38 heavy (non-hydrogen) atoms. The lowest BCUT2D eigenvalue weighted by atomic mass is 10.1. The molecule has 0 aliphatic carbocycles. The van der Waals surface area contributed by atoms with Crippen LogP contribution < -0.4 is 4.90 Å². The Morgan fingerprint density at radius 3 is 2.42 bits per heavy atom. The summed E-state index contributed by atoms with van der Waals surface area (Å²) in [4.78, 5) is 34.4. The Morgan fingerprint density at radius 1 is 1.00 bits per heavy atom. The van der Waals surface area contributed by atoms with Crippen LogP contribution in [-0.2, 0) is 9.53 Å². The van der Waals surface area contributed by atoms with Gasteiger partial charge >= 0.3 is 5.97 Å². The Balaban J connectivity index is 1.31. The Bertz CT molecular complexity index is 1350. The van der Waals surface area contributed by atoms with Gasteiger partial charge < -0.3 is 14.1 Å². The lowest BCUT2D eigenvalue weighted by Gasteiger charge is -2.28. The van der Waals surface area contributed by atoms with Crippen molar-refractivity contribution in [2.24, 2.45) is 4.99 Å². The molecule has 0 saturated carbocycles. The Labute approximate surface area is 227 Å². The predicted octanol–water partition coefficient (Wildman–Crippen LogP) is 6.74. The molecule has 0 bridgehead atoms. The van der Waals surface area contributed by atoms with E-state index in [1.165, 1.54) is 36.7 Å². The third-order valence-corrected chi connectivity index (χ3v) is 7.59. The summed E-state index contributed by atoms with van der Waals surface area (Å²) in [5.74, 6) is 0.792. The summed E-state index contributed by atoms with van der Waals surface area (Å²) in [6, 6.07) is 19.0. The summed E-state index contributed by atoms with van der Waals surface area (Å²) >= 11 is 1.35. The second-order valence-electron chi connectivity index (χ2n) is 9.12. The van der Waals surface area contributed by atoms with Crippen molar-refractivity contribution in [1.82, 2.24) is 4.90 Å². The number of nitrogens with zero attached hydrogens (tertiary/aromatic N) is 3. The zero-order valence-corrected chi connectivity index (χ0v) is 22.5. The molecule has 0 radical (unpaired) electrons. The number of hydrogen-bond acceptors (Lipinski definition) is 7. The van der Waals surface area contributed by atoms with Crippen molar-refractivity contribution in [3.63, 3.8) is 0 Å². The van der Waals surface area contributed by atoms with E-state index in [9.17, 15) is 9.59 Å². The number of esters is 1. The van der Waals surface area contributed by atoms with E-state index in [-0.39, 0.29) is 11.9 Å². The van der Waals surface area contributed by atoms with Crippen molar-refractivity contribution in [2.75, 3.05) is 31.1 Å². The summed E-state index contributed by atoms with van der Waals surface area (Å²) in [5, 5.41) is 0.663. The number of anilines is 1. The summed E-state index contributed by atoms with van der Waals surface area (Å²) in [6.07, 6.45) is 5.54. The molecule has 3 aromatic rings. The number of benzene rings is 2. The minimum Gasteiger partial charge on any atom is -0.462 e. The number of aliphatic imine (C=N–C) groups is 1. The molecule has 2 aliphatic heterocycles. The van der Waals surface area contributed by atoms with E-state index in [1.54, 1.807) is 30.0 Å².